The second-order valence-electron chi connectivity index (χ2n) is 4.89. The zero-order valence-electron chi connectivity index (χ0n) is 11.5. The number of imidazole rings is 1. The average Bonchev–Trinajstić information content (AvgIpc) is 3.16. The highest BCUT2D eigenvalue weighted by atomic mass is 32.1. The van der Waals surface area contributed by atoms with Crippen molar-refractivity contribution in [1.29, 1.82) is 0 Å². The largest absolute Gasteiger partial charge is 0.369 e. The predicted octanol–water partition coefficient (Wildman–Crippen LogP) is 1.76. The van der Waals surface area contributed by atoms with Gasteiger partial charge in [-0.25, -0.2) is 4.98 Å². The van der Waals surface area contributed by atoms with Crippen molar-refractivity contribution in [3.63, 3.8) is 0 Å². The first-order valence-electron chi connectivity index (χ1n) is 7.00. The number of ether oxygens (including phenoxy) is 1. The Kier molecular flexibility index (Phi) is 4.39. The Morgan fingerprint density at radius 1 is 1.55 bits per heavy atom. The fraction of sp³-hybridized carbons (Fsp3) is 0.615. The molecule has 0 aliphatic carbocycles. The lowest BCUT2D eigenvalue weighted by Crippen LogP contribution is -2.40. The monoisotopic (exact) mass is 293 g/mol. The third-order valence-corrected chi connectivity index (χ3v) is 4.17. The number of rotatable bonds is 5. The predicted molar refractivity (Wildman–Crippen MR) is 76.4 cm³/mol. The molecule has 0 amide bonds. The zero-order chi connectivity index (χ0) is 13.8. The first-order chi connectivity index (χ1) is 9.88. The van der Waals surface area contributed by atoms with E-state index in [9.17, 15) is 0 Å². The minimum Gasteiger partial charge on any atom is -0.369 e. The SMILES string of the molecule is CCn1ccnc1[C@H]1OCCC[C@@H]1NCc1csnn1. The van der Waals surface area contributed by atoms with E-state index in [1.54, 1.807) is 0 Å². The average molecular weight is 293 g/mol. The summed E-state index contributed by atoms with van der Waals surface area (Å²) in [6.45, 7) is 4.57. The normalized spacial score (nSPS) is 23.1. The second-order valence-corrected chi connectivity index (χ2v) is 5.50. The molecule has 0 spiro atoms. The molecule has 0 aromatic carbocycles. The van der Waals surface area contributed by atoms with E-state index in [0.717, 1.165) is 44.1 Å². The number of hydrogen-bond donors (Lipinski definition) is 1. The van der Waals surface area contributed by atoms with Gasteiger partial charge in [0, 0.05) is 43.5 Å². The van der Waals surface area contributed by atoms with Gasteiger partial charge in [-0.05, 0) is 31.3 Å². The van der Waals surface area contributed by atoms with Gasteiger partial charge >= 0.3 is 0 Å². The van der Waals surface area contributed by atoms with Crippen molar-refractivity contribution < 1.29 is 4.74 Å². The van der Waals surface area contributed by atoms with E-state index in [2.05, 4.69) is 31.4 Å². The van der Waals surface area contributed by atoms with Crippen LogP contribution in [0.4, 0.5) is 0 Å². The Bertz CT molecular complexity index is 527. The van der Waals surface area contributed by atoms with Crippen LogP contribution in [-0.4, -0.2) is 31.8 Å². The summed E-state index contributed by atoms with van der Waals surface area (Å²) in [7, 11) is 0. The molecule has 2 aromatic rings. The molecule has 1 fully saturated rings. The number of aromatic nitrogens is 4. The van der Waals surface area contributed by atoms with Crippen LogP contribution in [0.5, 0.6) is 0 Å². The lowest BCUT2D eigenvalue weighted by atomic mass is 10.0. The van der Waals surface area contributed by atoms with Crippen LogP contribution in [0.1, 0.15) is 37.4 Å². The molecule has 0 bridgehead atoms. The minimum absolute atomic E-state index is 0.0188. The van der Waals surface area contributed by atoms with Gasteiger partial charge in [-0.3, -0.25) is 0 Å². The second kappa shape index (κ2) is 6.43. The van der Waals surface area contributed by atoms with Crippen molar-refractivity contribution in [2.24, 2.45) is 0 Å². The molecule has 1 aliphatic heterocycles. The first-order valence-corrected chi connectivity index (χ1v) is 7.84. The van der Waals surface area contributed by atoms with Crippen LogP contribution < -0.4 is 5.32 Å². The van der Waals surface area contributed by atoms with E-state index in [1.165, 1.54) is 11.5 Å². The standard InChI is InChI=1S/C13H19N5OS/c1-2-18-6-5-14-13(18)12-11(4-3-7-19-12)15-8-10-9-20-17-16-10/h5-6,9,11-12,15H,2-4,7-8H2,1H3/t11-,12-/m0/s1. The maximum absolute atomic E-state index is 5.97. The molecule has 2 aromatic heterocycles. The number of hydrogen-bond acceptors (Lipinski definition) is 6. The molecule has 0 radical (unpaired) electrons. The van der Waals surface area contributed by atoms with Crippen molar-refractivity contribution in [1.82, 2.24) is 24.5 Å². The summed E-state index contributed by atoms with van der Waals surface area (Å²) in [5.74, 6) is 1.01. The highest BCUT2D eigenvalue weighted by molar-refractivity contribution is 7.03. The molecule has 1 N–H and O–H groups in total. The zero-order valence-corrected chi connectivity index (χ0v) is 12.3. The van der Waals surface area contributed by atoms with Crippen LogP contribution in [0.2, 0.25) is 0 Å². The summed E-state index contributed by atoms with van der Waals surface area (Å²) in [5, 5.41) is 9.58. The summed E-state index contributed by atoms with van der Waals surface area (Å²) in [6.07, 6.45) is 6.05. The topological polar surface area (TPSA) is 64.9 Å². The van der Waals surface area contributed by atoms with E-state index in [-0.39, 0.29) is 12.1 Å². The maximum Gasteiger partial charge on any atom is 0.139 e. The molecule has 1 aliphatic rings. The van der Waals surface area contributed by atoms with Gasteiger partial charge in [0.1, 0.15) is 11.9 Å². The summed E-state index contributed by atoms with van der Waals surface area (Å²) < 4.78 is 12.0. The summed E-state index contributed by atoms with van der Waals surface area (Å²) >= 11 is 1.38. The third-order valence-electron chi connectivity index (χ3n) is 3.62. The Morgan fingerprint density at radius 3 is 3.30 bits per heavy atom. The van der Waals surface area contributed by atoms with E-state index in [4.69, 9.17) is 4.74 Å². The van der Waals surface area contributed by atoms with Crippen molar-refractivity contribution in [3.8, 4) is 0 Å². The maximum atomic E-state index is 5.97. The molecule has 108 valence electrons. The number of aryl methyl sites for hydroxylation is 1. The lowest BCUT2D eigenvalue weighted by Gasteiger charge is -2.32. The lowest BCUT2D eigenvalue weighted by molar-refractivity contribution is -0.0183. The highest BCUT2D eigenvalue weighted by Gasteiger charge is 2.30. The van der Waals surface area contributed by atoms with Gasteiger partial charge in [-0.1, -0.05) is 4.49 Å². The van der Waals surface area contributed by atoms with Gasteiger partial charge in [0.15, 0.2) is 0 Å². The Hall–Kier alpha value is -1.31. The highest BCUT2D eigenvalue weighted by Crippen LogP contribution is 2.27. The summed E-state index contributed by atoms with van der Waals surface area (Å²) in [4.78, 5) is 4.48. The van der Waals surface area contributed by atoms with Crippen LogP contribution in [0.3, 0.4) is 0 Å². The fourth-order valence-electron chi connectivity index (χ4n) is 2.59. The first kappa shape index (κ1) is 13.7. The molecule has 0 unspecified atom stereocenters. The number of nitrogens with zero attached hydrogens (tertiary/aromatic N) is 4. The molecular weight excluding hydrogens is 274 g/mol. The van der Waals surface area contributed by atoms with Crippen molar-refractivity contribution in [2.45, 2.75) is 45.0 Å². The summed E-state index contributed by atoms with van der Waals surface area (Å²) in [6, 6.07) is 0.276. The number of nitrogens with one attached hydrogen (secondary N) is 1. The van der Waals surface area contributed by atoms with Crippen molar-refractivity contribution >= 4 is 11.5 Å². The van der Waals surface area contributed by atoms with Crippen molar-refractivity contribution in [2.75, 3.05) is 6.61 Å². The quantitative estimate of drug-likeness (QED) is 0.910. The molecule has 2 atom stereocenters. The third kappa shape index (κ3) is 2.89. The van der Waals surface area contributed by atoms with E-state index < -0.39 is 0 Å². The van der Waals surface area contributed by atoms with Crippen LogP contribution in [0.25, 0.3) is 0 Å². The molecule has 3 heterocycles. The Labute approximate surface area is 122 Å². The van der Waals surface area contributed by atoms with E-state index >= 15 is 0 Å². The van der Waals surface area contributed by atoms with Crippen LogP contribution in [0.15, 0.2) is 17.8 Å². The van der Waals surface area contributed by atoms with Crippen molar-refractivity contribution in [3.05, 3.63) is 29.3 Å². The van der Waals surface area contributed by atoms with Gasteiger partial charge in [0.25, 0.3) is 0 Å². The molecule has 0 saturated carbocycles. The molecule has 6 nitrogen and oxygen atoms in total. The smallest absolute Gasteiger partial charge is 0.139 e. The minimum atomic E-state index is 0.0188. The van der Waals surface area contributed by atoms with Gasteiger partial charge in [-0.2, -0.15) is 0 Å². The van der Waals surface area contributed by atoms with Crippen LogP contribution >= 0.6 is 11.5 Å². The van der Waals surface area contributed by atoms with E-state index in [0.29, 0.717) is 0 Å². The fourth-order valence-corrected chi connectivity index (χ4v) is 3.04. The Balaban J connectivity index is 1.70. The molecule has 20 heavy (non-hydrogen) atoms. The molecule has 3 rings (SSSR count). The van der Waals surface area contributed by atoms with Gasteiger partial charge < -0.3 is 14.6 Å². The van der Waals surface area contributed by atoms with Crippen LogP contribution in [0, 0.1) is 0 Å². The molecule has 1 saturated heterocycles. The van der Waals surface area contributed by atoms with Gasteiger partial charge in [0.05, 0.1) is 5.69 Å². The van der Waals surface area contributed by atoms with E-state index in [1.807, 2.05) is 17.8 Å². The van der Waals surface area contributed by atoms with Gasteiger partial charge in [-0.15, -0.1) is 5.10 Å². The summed E-state index contributed by atoms with van der Waals surface area (Å²) in [5.41, 5.74) is 0.984. The molecule has 7 heteroatoms. The van der Waals surface area contributed by atoms with Gasteiger partial charge in [0.2, 0.25) is 0 Å². The van der Waals surface area contributed by atoms with Crippen LogP contribution in [-0.2, 0) is 17.8 Å². The Morgan fingerprint density at radius 2 is 2.50 bits per heavy atom. The molecular formula is C13H19N5OS.